The fourth-order valence-electron chi connectivity index (χ4n) is 7.40. The minimum atomic E-state index is 0.346. The van der Waals surface area contributed by atoms with Gasteiger partial charge in [-0.15, -0.1) is 0 Å². The third kappa shape index (κ3) is 3.11. The van der Waals surface area contributed by atoms with E-state index in [0.29, 0.717) is 10.8 Å². The molecule has 2 aliphatic carbocycles. The van der Waals surface area contributed by atoms with Gasteiger partial charge in [-0.05, 0) is 33.4 Å². The monoisotopic (exact) mass is 536 g/mol. The molecule has 2 unspecified atom stereocenters. The van der Waals surface area contributed by atoms with Crippen molar-refractivity contribution >= 4 is 70.6 Å². The fourth-order valence-corrected chi connectivity index (χ4v) is 16.1. The third-order valence-electron chi connectivity index (χ3n) is 9.36. The van der Waals surface area contributed by atoms with Gasteiger partial charge < -0.3 is 0 Å². The lowest BCUT2D eigenvalue weighted by molar-refractivity contribution is 0.312. The summed E-state index contributed by atoms with van der Waals surface area (Å²) in [5, 5.41) is 0. The van der Waals surface area contributed by atoms with Crippen LogP contribution in [0.1, 0.15) is 13.8 Å². The Kier molecular flexibility index (Phi) is 5.77. The normalized spacial score (nSPS) is 41.4. The molecule has 6 heteroatoms. The maximum absolute atomic E-state index is 2.69. The second kappa shape index (κ2) is 8.30. The van der Waals surface area contributed by atoms with Crippen LogP contribution < -0.4 is 0 Å². The van der Waals surface area contributed by atoms with E-state index in [1.54, 1.807) is 11.1 Å². The Balaban J connectivity index is 1.61. The molecule has 32 heavy (non-hydrogen) atoms. The van der Waals surface area contributed by atoms with Crippen LogP contribution in [0.25, 0.3) is 0 Å². The molecule has 4 saturated heterocycles. The fraction of sp³-hybridized carbons (Fsp3) is 0.692. The van der Waals surface area contributed by atoms with Gasteiger partial charge in [-0.2, -0.15) is 70.6 Å². The Labute approximate surface area is 219 Å². The van der Waals surface area contributed by atoms with Crippen molar-refractivity contribution in [2.75, 3.05) is 69.0 Å². The van der Waals surface area contributed by atoms with Gasteiger partial charge >= 0.3 is 0 Å². The molecular formula is C26H32S6. The predicted molar refractivity (Wildman–Crippen MR) is 155 cm³/mol. The highest BCUT2D eigenvalue weighted by Crippen LogP contribution is 2.61. The lowest BCUT2D eigenvalue weighted by Gasteiger charge is -2.54. The van der Waals surface area contributed by atoms with Crippen LogP contribution in [0.4, 0.5) is 0 Å². The molecule has 172 valence electrons. The molecule has 0 nitrogen and oxygen atoms in total. The summed E-state index contributed by atoms with van der Waals surface area (Å²) < 4.78 is 0. The van der Waals surface area contributed by atoms with Gasteiger partial charge in [-0.25, -0.2) is 0 Å². The molecule has 8 rings (SSSR count). The van der Waals surface area contributed by atoms with E-state index in [1.165, 1.54) is 69.0 Å². The van der Waals surface area contributed by atoms with Gasteiger partial charge in [0, 0.05) is 91.7 Å². The molecule has 0 aromatic heterocycles. The van der Waals surface area contributed by atoms with Crippen LogP contribution >= 0.6 is 70.6 Å². The van der Waals surface area contributed by atoms with Gasteiger partial charge in [-0.3, -0.25) is 0 Å². The van der Waals surface area contributed by atoms with Gasteiger partial charge in [0.05, 0.1) is 0 Å². The van der Waals surface area contributed by atoms with Crippen molar-refractivity contribution in [3.05, 3.63) is 44.6 Å². The summed E-state index contributed by atoms with van der Waals surface area (Å²) in [6.07, 6.45) is 0. The molecule has 0 aromatic rings. The van der Waals surface area contributed by atoms with Gasteiger partial charge in [0.25, 0.3) is 0 Å². The predicted octanol–water partition coefficient (Wildman–Crippen LogP) is 6.91. The van der Waals surface area contributed by atoms with Crippen LogP contribution in [0.3, 0.4) is 0 Å². The zero-order chi connectivity index (χ0) is 21.5. The van der Waals surface area contributed by atoms with E-state index < -0.39 is 0 Å². The highest BCUT2D eigenvalue weighted by Gasteiger charge is 2.52. The molecule has 0 saturated carbocycles. The largest absolute Gasteiger partial charge is 0.161 e. The number of rotatable bonds is 0. The SMILES string of the molecule is CC12CSCC3(C)C4=C5CSCC(=C1CSC4)C1=C4CSCC(=C5CSC1)[C@H]3CSC[C@H]42. The van der Waals surface area contributed by atoms with Gasteiger partial charge in [0.2, 0.25) is 0 Å². The summed E-state index contributed by atoms with van der Waals surface area (Å²) in [7, 11) is 0. The van der Waals surface area contributed by atoms with E-state index in [-0.39, 0.29) is 0 Å². The lowest BCUT2D eigenvalue weighted by Crippen LogP contribution is -2.47. The molecule has 4 atom stereocenters. The van der Waals surface area contributed by atoms with Crippen molar-refractivity contribution in [3.63, 3.8) is 0 Å². The van der Waals surface area contributed by atoms with Crippen LogP contribution in [0.2, 0.25) is 0 Å². The second-order valence-corrected chi connectivity index (χ2v) is 16.9. The molecule has 0 aromatic carbocycles. The third-order valence-corrected chi connectivity index (χ3v) is 16.1. The van der Waals surface area contributed by atoms with E-state index in [9.17, 15) is 0 Å². The zero-order valence-electron chi connectivity index (χ0n) is 19.1. The summed E-state index contributed by atoms with van der Waals surface area (Å²) in [5.74, 6) is 16.9. The highest BCUT2D eigenvalue weighted by molar-refractivity contribution is 8.01. The van der Waals surface area contributed by atoms with Crippen LogP contribution in [0, 0.1) is 22.7 Å². The van der Waals surface area contributed by atoms with E-state index in [0.717, 1.165) is 11.8 Å². The Morgan fingerprint density at radius 1 is 0.500 bits per heavy atom. The van der Waals surface area contributed by atoms with E-state index >= 15 is 0 Å². The summed E-state index contributed by atoms with van der Waals surface area (Å²) in [6, 6.07) is 0. The first-order valence-corrected chi connectivity index (χ1v) is 18.9. The number of hydrogen-bond donors (Lipinski definition) is 0. The number of hydrogen-bond acceptors (Lipinski definition) is 6. The van der Waals surface area contributed by atoms with Crippen molar-refractivity contribution in [1.82, 2.24) is 0 Å². The maximum Gasteiger partial charge on any atom is 0.0191 e. The van der Waals surface area contributed by atoms with Crippen LogP contribution in [0.15, 0.2) is 44.6 Å². The minimum Gasteiger partial charge on any atom is -0.161 e. The molecule has 6 heterocycles. The van der Waals surface area contributed by atoms with E-state index in [2.05, 4.69) is 84.4 Å². The Morgan fingerprint density at radius 3 is 1.47 bits per heavy atom. The zero-order valence-corrected chi connectivity index (χ0v) is 24.0. The molecular weight excluding hydrogens is 505 g/mol. The summed E-state index contributed by atoms with van der Waals surface area (Å²) in [4.78, 5) is 0. The molecule has 0 N–H and O–H groups in total. The molecule has 6 aliphatic heterocycles. The average Bonchev–Trinajstić information content (AvgIpc) is 2.78. The maximum atomic E-state index is 2.69. The summed E-state index contributed by atoms with van der Waals surface area (Å²) in [6.45, 7) is 5.39. The number of fused-ring (bicyclic) bond motifs is 12. The van der Waals surface area contributed by atoms with E-state index in [1.807, 2.05) is 33.4 Å². The van der Waals surface area contributed by atoms with Gasteiger partial charge in [0.15, 0.2) is 0 Å². The van der Waals surface area contributed by atoms with Crippen molar-refractivity contribution in [2.45, 2.75) is 13.8 Å². The Bertz CT molecular complexity index is 928. The van der Waals surface area contributed by atoms with Crippen molar-refractivity contribution in [2.24, 2.45) is 22.7 Å². The van der Waals surface area contributed by atoms with Gasteiger partial charge in [-0.1, -0.05) is 25.0 Å². The first kappa shape index (κ1) is 22.3. The first-order chi connectivity index (χ1) is 15.6. The quantitative estimate of drug-likeness (QED) is 0.327. The summed E-state index contributed by atoms with van der Waals surface area (Å²) >= 11 is 13.8. The van der Waals surface area contributed by atoms with Crippen molar-refractivity contribution in [1.29, 1.82) is 0 Å². The smallest absolute Gasteiger partial charge is 0.0191 e. The standard InChI is InChI=1S/C26H32S6/c1-25-13-32-14-26(2)23-11-30-9-21(25)17-5-28-7-19(23)16-4-27-3-15(17)18-6-29-8-20(16)24(26)12-31-10-22(18)25/h21,23H,3-14H2,1-2H3/t21-,23-,25?,26?/m1/s1. The molecule has 0 radical (unpaired) electrons. The Morgan fingerprint density at radius 2 is 0.938 bits per heavy atom. The average molecular weight is 537 g/mol. The van der Waals surface area contributed by atoms with E-state index in [4.69, 9.17) is 0 Å². The summed E-state index contributed by atoms with van der Waals surface area (Å²) in [5.41, 5.74) is 15.4. The first-order valence-electron chi connectivity index (χ1n) is 12.0. The van der Waals surface area contributed by atoms with Crippen molar-refractivity contribution < 1.29 is 0 Å². The van der Waals surface area contributed by atoms with Crippen molar-refractivity contribution in [3.8, 4) is 0 Å². The molecule has 8 aliphatic rings. The topological polar surface area (TPSA) is 0 Å². The number of thioether (sulfide) groups is 6. The Hall–Kier alpha value is 1.06. The van der Waals surface area contributed by atoms with Crippen LogP contribution in [0.5, 0.6) is 0 Å². The highest BCUT2D eigenvalue weighted by atomic mass is 32.2. The molecule has 0 amide bonds. The van der Waals surface area contributed by atoms with Crippen LogP contribution in [-0.4, -0.2) is 69.0 Å². The lowest BCUT2D eigenvalue weighted by atomic mass is 9.64. The van der Waals surface area contributed by atoms with Gasteiger partial charge in [0.1, 0.15) is 0 Å². The second-order valence-electron chi connectivity index (χ2n) is 10.9. The minimum absolute atomic E-state index is 0.346. The van der Waals surface area contributed by atoms with Crippen LogP contribution in [-0.2, 0) is 0 Å². The molecule has 12 bridgehead atoms. The molecule has 4 fully saturated rings. The molecule has 0 spiro atoms.